The first-order chi connectivity index (χ1) is 9.97. The van der Waals surface area contributed by atoms with Crippen LogP contribution in [-0.2, 0) is 9.59 Å². The number of benzene rings is 1. The summed E-state index contributed by atoms with van der Waals surface area (Å²) in [6.45, 7) is 3.74. The maximum atomic E-state index is 11.5. The van der Waals surface area contributed by atoms with E-state index < -0.39 is 11.8 Å². The molecule has 0 saturated heterocycles. The largest absolute Gasteiger partial charge is 0.496 e. The number of halogens is 1. The van der Waals surface area contributed by atoms with E-state index in [0.717, 1.165) is 16.5 Å². The van der Waals surface area contributed by atoms with Crippen LogP contribution in [0.5, 0.6) is 5.75 Å². The van der Waals surface area contributed by atoms with Crippen molar-refractivity contribution in [3.05, 3.63) is 28.2 Å². The number of carbonyl (C=O) groups excluding carboxylic acids is 2. The lowest BCUT2D eigenvalue weighted by Crippen LogP contribution is -2.41. The van der Waals surface area contributed by atoms with Crippen LogP contribution in [0.15, 0.2) is 27.8 Å². The zero-order chi connectivity index (χ0) is 15.8. The minimum Gasteiger partial charge on any atom is -0.496 e. The second-order valence-corrected chi connectivity index (χ2v) is 5.23. The highest BCUT2D eigenvalue weighted by Gasteiger charge is 2.14. The summed E-state index contributed by atoms with van der Waals surface area (Å²) in [6.07, 6.45) is 2.20. The summed E-state index contributed by atoms with van der Waals surface area (Å²) in [5, 5.41) is 6.30. The van der Waals surface area contributed by atoms with Crippen LogP contribution >= 0.6 is 15.9 Å². The van der Waals surface area contributed by atoms with E-state index in [1.807, 2.05) is 13.8 Å². The van der Waals surface area contributed by atoms with Crippen molar-refractivity contribution < 1.29 is 14.3 Å². The van der Waals surface area contributed by atoms with Gasteiger partial charge in [-0.1, -0.05) is 6.92 Å². The van der Waals surface area contributed by atoms with E-state index in [0.29, 0.717) is 5.75 Å². The molecule has 2 amide bonds. The van der Waals surface area contributed by atoms with E-state index in [4.69, 9.17) is 4.74 Å². The summed E-state index contributed by atoms with van der Waals surface area (Å²) in [4.78, 5) is 23.0. The molecule has 1 rings (SSSR count). The third-order valence-electron chi connectivity index (χ3n) is 2.75. The minimum absolute atomic E-state index is 0.0511. The van der Waals surface area contributed by atoms with Gasteiger partial charge in [-0.15, -0.1) is 0 Å². The second kappa shape index (κ2) is 8.41. The molecule has 0 aliphatic carbocycles. The molecule has 0 fully saturated rings. The zero-order valence-corrected chi connectivity index (χ0v) is 13.7. The highest BCUT2D eigenvalue weighted by atomic mass is 79.9. The predicted octanol–water partition coefficient (Wildman–Crippen LogP) is 1.82. The first-order valence-corrected chi connectivity index (χ1v) is 7.24. The molecule has 1 atom stereocenters. The van der Waals surface area contributed by atoms with Crippen LogP contribution in [0.25, 0.3) is 0 Å². The maximum Gasteiger partial charge on any atom is 0.329 e. The van der Waals surface area contributed by atoms with E-state index in [2.05, 4.69) is 31.8 Å². The standard InChI is InChI=1S/C14H18BrN3O3/c1-4-9(2)17-13(19)14(20)18-16-8-10-5-6-12(21-3)11(15)7-10/h5-9H,4H2,1-3H3,(H,17,19)(H,18,20)/b16-8-/t9-/m0/s1. The van der Waals surface area contributed by atoms with Crippen LogP contribution in [0.1, 0.15) is 25.8 Å². The number of nitrogens with one attached hydrogen (secondary N) is 2. The average Bonchev–Trinajstić information content (AvgIpc) is 2.47. The van der Waals surface area contributed by atoms with Gasteiger partial charge >= 0.3 is 11.8 Å². The topological polar surface area (TPSA) is 79.8 Å². The molecule has 0 unspecified atom stereocenters. The summed E-state index contributed by atoms with van der Waals surface area (Å²) < 4.78 is 5.88. The number of hydrogen-bond acceptors (Lipinski definition) is 4. The summed E-state index contributed by atoms with van der Waals surface area (Å²) in [7, 11) is 1.57. The molecule has 0 saturated carbocycles. The third-order valence-corrected chi connectivity index (χ3v) is 3.37. The number of hydrogen-bond donors (Lipinski definition) is 2. The number of amides is 2. The van der Waals surface area contributed by atoms with Crippen molar-refractivity contribution in [3.63, 3.8) is 0 Å². The molecular weight excluding hydrogens is 338 g/mol. The minimum atomic E-state index is -0.792. The van der Waals surface area contributed by atoms with Gasteiger partial charge in [0, 0.05) is 6.04 Å². The lowest BCUT2D eigenvalue weighted by atomic mass is 10.2. The fourth-order valence-electron chi connectivity index (χ4n) is 1.37. The Kier molecular flexibility index (Phi) is 6.87. The number of hydrazone groups is 1. The van der Waals surface area contributed by atoms with Crippen LogP contribution in [0.4, 0.5) is 0 Å². The quantitative estimate of drug-likeness (QED) is 0.480. The Balaban J connectivity index is 2.56. The molecule has 7 heteroatoms. The summed E-state index contributed by atoms with van der Waals surface area (Å²) in [6, 6.07) is 5.28. The number of carbonyl (C=O) groups is 2. The van der Waals surface area contributed by atoms with Gasteiger partial charge in [-0.2, -0.15) is 5.10 Å². The Bertz CT molecular complexity index is 546. The van der Waals surface area contributed by atoms with E-state index in [9.17, 15) is 9.59 Å². The fourth-order valence-corrected chi connectivity index (χ4v) is 1.93. The van der Waals surface area contributed by atoms with Gasteiger partial charge in [-0.3, -0.25) is 9.59 Å². The summed E-state index contributed by atoms with van der Waals surface area (Å²) in [5.74, 6) is -0.791. The fraction of sp³-hybridized carbons (Fsp3) is 0.357. The Morgan fingerprint density at radius 1 is 1.43 bits per heavy atom. The molecule has 0 spiro atoms. The Morgan fingerprint density at radius 3 is 2.71 bits per heavy atom. The summed E-state index contributed by atoms with van der Waals surface area (Å²) >= 11 is 3.35. The predicted molar refractivity (Wildman–Crippen MR) is 84.3 cm³/mol. The van der Waals surface area contributed by atoms with Crippen molar-refractivity contribution in [1.29, 1.82) is 0 Å². The van der Waals surface area contributed by atoms with Gasteiger partial charge < -0.3 is 10.1 Å². The number of ether oxygens (including phenoxy) is 1. The van der Waals surface area contributed by atoms with Crippen molar-refractivity contribution in [1.82, 2.24) is 10.7 Å². The van der Waals surface area contributed by atoms with Gasteiger partial charge in [0.1, 0.15) is 5.75 Å². The van der Waals surface area contributed by atoms with Crippen LogP contribution < -0.4 is 15.5 Å². The van der Waals surface area contributed by atoms with Crippen molar-refractivity contribution in [2.24, 2.45) is 5.10 Å². The molecule has 0 heterocycles. The van der Waals surface area contributed by atoms with Crippen LogP contribution in [0.2, 0.25) is 0 Å². The Hall–Kier alpha value is -1.89. The smallest absolute Gasteiger partial charge is 0.329 e. The van der Waals surface area contributed by atoms with E-state index in [1.54, 1.807) is 25.3 Å². The number of nitrogens with zero attached hydrogens (tertiary/aromatic N) is 1. The van der Waals surface area contributed by atoms with E-state index in [1.165, 1.54) is 6.21 Å². The molecule has 114 valence electrons. The van der Waals surface area contributed by atoms with Crippen LogP contribution in [0.3, 0.4) is 0 Å². The van der Waals surface area contributed by atoms with Gasteiger partial charge in [0.15, 0.2) is 0 Å². The van der Waals surface area contributed by atoms with E-state index >= 15 is 0 Å². The Labute approximate surface area is 132 Å². The SMILES string of the molecule is CC[C@H](C)NC(=O)C(=O)N/N=C\c1ccc(OC)c(Br)c1. The second-order valence-electron chi connectivity index (χ2n) is 4.38. The first kappa shape index (κ1) is 17.2. The van der Waals surface area contributed by atoms with Gasteiger partial charge in [0.2, 0.25) is 0 Å². The van der Waals surface area contributed by atoms with Gasteiger partial charge in [0.25, 0.3) is 0 Å². The molecule has 1 aromatic carbocycles. The van der Waals surface area contributed by atoms with Crippen LogP contribution in [-0.4, -0.2) is 31.2 Å². The van der Waals surface area contributed by atoms with Crippen molar-refractivity contribution in [3.8, 4) is 5.75 Å². The normalized spacial score (nSPS) is 12.0. The van der Waals surface area contributed by atoms with Crippen molar-refractivity contribution in [2.75, 3.05) is 7.11 Å². The summed E-state index contributed by atoms with van der Waals surface area (Å²) in [5.41, 5.74) is 2.94. The molecule has 2 N–H and O–H groups in total. The molecule has 0 bridgehead atoms. The van der Waals surface area contributed by atoms with Gasteiger partial charge in [0.05, 0.1) is 17.8 Å². The molecule has 0 aromatic heterocycles. The molecule has 6 nitrogen and oxygen atoms in total. The molecule has 0 aliphatic heterocycles. The van der Waals surface area contributed by atoms with Crippen molar-refractivity contribution >= 4 is 34.0 Å². The lowest BCUT2D eigenvalue weighted by molar-refractivity contribution is -0.139. The highest BCUT2D eigenvalue weighted by Crippen LogP contribution is 2.24. The van der Waals surface area contributed by atoms with Gasteiger partial charge in [-0.05, 0) is 53.0 Å². The molecule has 0 radical (unpaired) electrons. The highest BCUT2D eigenvalue weighted by molar-refractivity contribution is 9.10. The van der Waals surface area contributed by atoms with Crippen molar-refractivity contribution in [2.45, 2.75) is 26.3 Å². The van der Waals surface area contributed by atoms with Gasteiger partial charge in [-0.25, -0.2) is 5.43 Å². The molecule has 0 aliphatic rings. The molecule has 1 aromatic rings. The zero-order valence-electron chi connectivity index (χ0n) is 12.1. The van der Waals surface area contributed by atoms with E-state index in [-0.39, 0.29) is 6.04 Å². The van der Waals surface area contributed by atoms with Crippen LogP contribution in [0, 0.1) is 0 Å². The Morgan fingerprint density at radius 2 is 2.14 bits per heavy atom. The number of methoxy groups -OCH3 is 1. The maximum absolute atomic E-state index is 11.5. The third kappa shape index (κ3) is 5.55. The lowest BCUT2D eigenvalue weighted by Gasteiger charge is -2.09. The monoisotopic (exact) mass is 355 g/mol. The molecule has 21 heavy (non-hydrogen) atoms. The first-order valence-electron chi connectivity index (χ1n) is 6.45. The average molecular weight is 356 g/mol. The molecular formula is C14H18BrN3O3. The number of rotatable bonds is 5.